The minimum Gasteiger partial charge on any atom is -0.369 e. The van der Waals surface area contributed by atoms with Crippen LogP contribution in [0.4, 0.5) is 5.69 Å². The van der Waals surface area contributed by atoms with Gasteiger partial charge in [-0.2, -0.15) is 0 Å². The Morgan fingerprint density at radius 1 is 1.00 bits per heavy atom. The molecule has 2 aromatic rings. The van der Waals surface area contributed by atoms with E-state index in [0.29, 0.717) is 0 Å². The molecule has 0 aliphatic carbocycles. The van der Waals surface area contributed by atoms with Crippen LogP contribution in [0, 0.1) is 0 Å². The molecule has 0 aromatic heterocycles. The van der Waals surface area contributed by atoms with Gasteiger partial charge in [-0.15, -0.1) is 0 Å². The molecule has 3 rings (SSSR count). The first-order chi connectivity index (χ1) is 9.18. The Labute approximate surface area is 113 Å². The zero-order valence-corrected chi connectivity index (χ0v) is 11.2. The highest BCUT2D eigenvalue weighted by molar-refractivity contribution is 5.87. The fourth-order valence-corrected chi connectivity index (χ4v) is 2.64. The quantitative estimate of drug-likeness (QED) is 0.772. The minimum absolute atomic E-state index is 0.623. The lowest BCUT2D eigenvalue weighted by molar-refractivity contribution is 0.178. The van der Waals surface area contributed by atoms with E-state index < -0.39 is 6.23 Å². The zero-order valence-electron chi connectivity index (χ0n) is 11.2. The number of aliphatic hydroxyl groups is 1. The summed E-state index contributed by atoms with van der Waals surface area (Å²) < 4.78 is 0. The molecule has 1 unspecified atom stereocenters. The van der Waals surface area contributed by atoms with E-state index in [4.69, 9.17) is 0 Å². The maximum absolute atomic E-state index is 10.6. The van der Waals surface area contributed by atoms with Crippen molar-refractivity contribution in [2.24, 2.45) is 0 Å². The van der Waals surface area contributed by atoms with Gasteiger partial charge in [0.15, 0.2) is 6.23 Å². The minimum atomic E-state index is -0.623. The van der Waals surface area contributed by atoms with Crippen molar-refractivity contribution in [1.82, 2.24) is 0 Å². The Morgan fingerprint density at radius 2 is 1.68 bits per heavy atom. The molecule has 0 radical (unpaired) electrons. The molecule has 1 N–H and O–H groups in total. The van der Waals surface area contributed by atoms with Crippen molar-refractivity contribution >= 4 is 17.3 Å². The van der Waals surface area contributed by atoms with Crippen LogP contribution in [-0.4, -0.2) is 12.2 Å². The van der Waals surface area contributed by atoms with Gasteiger partial charge in [-0.1, -0.05) is 48.5 Å². The van der Waals surface area contributed by atoms with E-state index in [9.17, 15) is 5.11 Å². The summed E-state index contributed by atoms with van der Waals surface area (Å²) in [4.78, 5) is 1.92. The highest BCUT2D eigenvalue weighted by Crippen LogP contribution is 2.36. The Kier molecular flexibility index (Phi) is 2.88. The molecule has 96 valence electrons. The molecule has 1 atom stereocenters. The second-order valence-corrected chi connectivity index (χ2v) is 4.96. The second kappa shape index (κ2) is 4.56. The van der Waals surface area contributed by atoms with Crippen molar-refractivity contribution in [1.29, 1.82) is 0 Å². The van der Waals surface area contributed by atoms with Crippen LogP contribution in [0.25, 0.3) is 11.6 Å². The van der Waals surface area contributed by atoms with Gasteiger partial charge in [0.05, 0.1) is 0 Å². The van der Waals surface area contributed by atoms with E-state index in [0.717, 1.165) is 16.8 Å². The molecule has 2 heteroatoms. The van der Waals surface area contributed by atoms with Crippen LogP contribution in [0.15, 0.2) is 48.5 Å². The second-order valence-electron chi connectivity index (χ2n) is 4.96. The first-order valence-electron chi connectivity index (χ1n) is 6.46. The van der Waals surface area contributed by atoms with Crippen molar-refractivity contribution in [3.05, 3.63) is 65.2 Å². The van der Waals surface area contributed by atoms with Crippen molar-refractivity contribution < 1.29 is 5.11 Å². The molecule has 19 heavy (non-hydrogen) atoms. The fourth-order valence-electron chi connectivity index (χ4n) is 2.64. The Bertz CT molecular complexity index is 645. The van der Waals surface area contributed by atoms with Crippen molar-refractivity contribution in [3.8, 4) is 0 Å². The maximum atomic E-state index is 10.6. The highest BCUT2D eigenvalue weighted by atomic mass is 16.3. The SMILES string of the molecule is C/C1=C/c2ccccc2C(O)N(C)c2ccccc21. The van der Waals surface area contributed by atoms with Gasteiger partial charge >= 0.3 is 0 Å². The van der Waals surface area contributed by atoms with Gasteiger partial charge in [-0.3, -0.25) is 0 Å². The fraction of sp³-hybridized carbons (Fsp3) is 0.176. The van der Waals surface area contributed by atoms with Gasteiger partial charge in [-0.05, 0) is 24.1 Å². The number of allylic oxidation sites excluding steroid dienone is 1. The van der Waals surface area contributed by atoms with Crippen LogP contribution in [0.2, 0.25) is 0 Å². The molecule has 0 spiro atoms. The summed E-state index contributed by atoms with van der Waals surface area (Å²) in [6, 6.07) is 16.2. The molecule has 0 fully saturated rings. The zero-order chi connectivity index (χ0) is 13.4. The first-order valence-corrected chi connectivity index (χ1v) is 6.46. The summed E-state index contributed by atoms with van der Waals surface area (Å²) in [6.45, 7) is 2.11. The van der Waals surface area contributed by atoms with E-state index in [1.165, 1.54) is 11.1 Å². The number of benzene rings is 2. The third-order valence-corrected chi connectivity index (χ3v) is 3.72. The lowest BCUT2D eigenvalue weighted by Crippen LogP contribution is -2.26. The number of aliphatic hydroxyl groups excluding tert-OH is 1. The van der Waals surface area contributed by atoms with Gasteiger partial charge in [0.1, 0.15) is 0 Å². The average molecular weight is 251 g/mol. The van der Waals surface area contributed by atoms with Crippen LogP contribution < -0.4 is 4.90 Å². The van der Waals surface area contributed by atoms with Crippen molar-refractivity contribution in [3.63, 3.8) is 0 Å². The van der Waals surface area contributed by atoms with Crippen molar-refractivity contribution in [2.75, 3.05) is 11.9 Å². The summed E-state index contributed by atoms with van der Waals surface area (Å²) in [5.74, 6) is 0. The number of anilines is 1. The summed E-state index contributed by atoms with van der Waals surface area (Å²) >= 11 is 0. The number of hydrogen-bond acceptors (Lipinski definition) is 2. The molecule has 1 aliphatic heterocycles. The molecule has 0 saturated carbocycles. The van der Waals surface area contributed by atoms with Gasteiger partial charge < -0.3 is 10.0 Å². The largest absolute Gasteiger partial charge is 0.369 e. The molecule has 0 saturated heterocycles. The van der Waals surface area contributed by atoms with Crippen LogP contribution in [0.1, 0.15) is 29.8 Å². The number of para-hydroxylation sites is 1. The molecule has 0 bridgehead atoms. The molecular formula is C17H17NO. The molecule has 1 heterocycles. The van der Waals surface area contributed by atoms with Crippen LogP contribution in [0.5, 0.6) is 0 Å². The lowest BCUT2D eigenvalue weighted by atomic mass is 9.95. The number of rotatable bonds is 0. The van der Waals surface area contributed by atoms with Gasteiger partial charge in [-0.25, -0.2) is 0 Å². The third-order valence-electron chi connectivity index (χ3n) is 3.72. The summed E-state index contributed by atoms with van der Waals surface area (Å²) in [6.07, 6.45) is 1.52. The lowest BCUT2D eigenvalue weighted by Gasteiger charge is -2.31. The topological polar surface area (TPSA) is 23.5 Å². The first kappa shape index (κ1) is 12.0. The third kappa shape index (κ3) is 1.94. The van der Waals surface area contributed by atoms with Crippen LogP contribution in [-0.2, 0) is 0 Å². The van der Waals surface area contributed by atoms with Crippen LogP contribution >= 0.6 is 0 Å². The van der Waals surface area contributed by atoms with E-state index in [-0.39, 0.29) is 0 Å². The maximum Gasteiger partial charge on any atom is 0.153 e. The number of hydrogen-bond donors (Lipinski definition) is 1. The Balaban J connectivity index is 2.29. The van der Waals surface area contributed by atoms with E-state index >= 15 is 0 Å². The smallest absolute Gasteiger partial charge is 0.153 e. The normalized spacial score (nSPS) is 20.7. The summed E-state index contributed by atoms with van der Waals surface area (Å²) in [7, 11) is 1.93. The summed E-state index contributed by atoms with van der Waals surface area (Å²) in [5, 5.41) is 10.6. The predicted octanol–water partition coefficient (Wildman–Crippen LogP) is 3.69. The highest BCUT2D eigenvalue weighted by Gasteiger charge is 2.21. The van der Waals surface area contributed by atoms with E-state index in [1.54, 1.807) is 0 Å². The molecular weight excluding hydrogens is 234 g/mol. The number of nitrogens with zero attached hydrogens (tertiary/aromatic N) is 1. The summed E-state index contributed by atoms with van der Waals surface area (Å²) in [5.41, 5.74) is 5.45. The van der Waals surface area contributed by atoms with Gasteiger partial charge in [0, 0.05) is 23.9 Å². The standard InChI is InChI=1S/C17H17NO/c1-12-11-13-7-3-4-9-15(13)17(19)18(2)16-10-6-5-8-14(12)16/h3-11,17,19H,1-2H3/b12-11-. The van der Waals surface area contributed by atoms with E-state index in [1.807, 2.05) is 54.4 Å². The predicted molar refractivity (Wildman–Crippen MR) is 79.8 cm³/mol. The van der Waals surface area contributed by atoms with Crippen molar-refractivity contribution in [2.45, 2.75) is 13.2 Å². The number of fused-ring (bicyclic) bond motifs is 2. The Morgan fingerprint density at radius 3 is 2.53 bits per heavy atom. The Hall–Kier alpha value is -2.06. The molecule has 2 aromatic carbocycles. The average Bonchev–Trinajstić information content (AvgIpc) is 2.45. The molecule has 0 amide bonds. The van der Waals surface area contributed by atoms with Gasteiger partial charge in [0.2, 0.25) is 0 Å². The van der Waals surface area contributed by atoms with E-state index in [2.05, 4.69) is 19.1 Å². The van der Waals surface area contributed by atoms with Crippen LogP contribution in [0.3, 0.4) is 0 Å². The monoisotopic (exact) mass is 251 g/mol. The molecule has 2 nitrogen and oxygen atoms in total. The van der Waals surface area contributed by atoms with Gasteiger partial charge in [0.25, 0.3) is 0 Å². The molecule has 1 aliphatic rings.